The van der Waals surface area contributed by atoms with E-state index in [1.165, 1.54) is 0 Å². The van der Waals surface area contributed by atoms with Crippen molar-refractivity contribution >= 4 is 52.5 Å². The van der Waals surface area contributed by atoms with Gasteiger partial charge in [0.1, 0.15) is 0 Å². The van der Waals surface area contributed by atoms with E-state index in [1.807, 2.05) is 120 Å². The van der Waals surface area contributed by atoms with E-state index in [0.717, 1.165) is 62.6 Å². The molecule has 7 rings (SSSR count). The Kier molecular flexibility index (Phi) is 7.58. The van der Waals surface area contributed by atoms with Crippen molar-refractivity contribution in [3.05, 3.63) is 147 Å². The summed E-state index contributed by atoms with van der Waals surface area (Å²) in [5.74, 6) is 0.0952. The number of rotatable bonds is 6. The summed E-state index contributed by atoms with van der Waals surface area (Å²) < 4.78 is 1.79. The quantitative estimate of drug-likeness (QED) is 0.189. The van der Waals surface area contributed by atoms with E-state index < -0.39 is 0 Å². The fourth-order valence-corrected chi connectivity index (χ4v) is 5.63. The number of aromatic nitrogens is 3. The number of carbonyl (C=O) groups excluding carboxylic acids is 1. The minimum absolute atomic E-state index is 0.0952. The zero-order valence-electron chi connectivity index (χ0n) is 23.4. The lowest BCUT2D eigenvalue weighted by Gasteiger charge is -2.21. The summed E-state index contributed by atoms with van der Waals surface area (Å²) in [7, 11) is 0. The maximum Gasteiger partial charge on any atom is 0.185 e. The number of Topliss-reactive ketones (excluding diaryl/α,β-unsaturated/α-hetero) is 1. The Hall–Kier alpha value is -4.95. The molecule has 5 aromatic rings. The van der Waals surface area contributed by atoms with E-state index in [2.05, 4.69) is 21.3 Å². The van der Waals surface area contributed by atoms with Gasteiger partial charge in [0.2, 0.25) is 0 Å². The minimum atomic E-state index is 0.0952. The molecule has 4 aromatic carbocycles. The second-order valence-corrected chi connectivity index (χ2v) is 11.4. The lowest BCUT2D eigenvalue weighted by Crippen LogP contribution is -2.36. The van der Waals surface area contributed by atoms with E-state index in [9.17, 15) is 4.79 Å². The Labute approximate surface area is 264 Å². The van der Waals surface area contributed by atoms with Gasteiger partial charge in [0.25, 0.3) is 0 Å². The molecule has 2 heterocycles. The molecule has 1 saturated carbocycles. The second-order valence-electron chi connectivity index (χ2n) is 10.5. The third-order valence-corrected chi connectivity index (χ3v) is 8.18. The van der Waals surface area contributed by atoms with Gasteiger partial charge in [0.15, 0.2) is 5.78 Å². The highest BCUT2D eigenvalue weighted by molar-refractivity contribution is 6.30. The van der Waals surface area contributed by atoms with Crippen LogP contribution in [0.3, 0.4) is 0 Å². The molecule has 0 saturated heterocycles. The maximum absolute atomic E-state index is 13.3. The summed E-state index contributed by atoms with van der Waals surface area (Å²) in [6, 6.07) is 31.4. The van der Waals surface area contributed by atoms with Gasteiger partial charge < -0.3 is 5.43 Å². The Morgan fingerprint density at radius 3 is 1.82 bits per heavy atom. The number of hydrogen-bond acceptors (Lipinski definition) is 6. The number of nitrogens with zero attached hydrogens (tertiary/aromatic N) is 4. The molecule has 0 atom stereocenters. The summed E-state index contributed by atoms with van der Waals surface area (Å²) >= 11 is 12.1. The average Bonchev–Trinajstić information content (AvgIpc) is 3.81. The number of carbonyl (C=O) groups is 1. The van der Waals surface area contributed by atoms with E-state index >= 15 is 0 Å². The minimum Gasteiger partial charge on any atom is -0.309 e. The molecule has 1 aliphatic carbocycles. The number of halogens is 2. The van der Waals surface area contributed by atoms with Gasteiger partial charge in [0.05, 0.1) is 29.0 Å². The Morgan fingerprint density at radius 1 is 0.682 bits per heavy atom. The highest BCUT2D eigenvalue weighted by Gasteiger charge is 2.23. The van der Waals surface area contributed by atoms with Crippen LogP contribution in [0.15, 0.2) is 121 Å². The third kappa shape index (κ3) is 5.68. The predicted molar refractivity (Wildman–Crippen MR) is 177 cm³/mol. The molecular weight excluding hydrogens is 591 g/mol. The molecule has 0 amide bonds. The molecule has 1 fully saturated rings. The van der Waals surface area contributed by atoms with Crippen LogP contribution in [0.25, 0.3) is 34.8 Å². The smallest absolute Gasteiger partial charge is 0.185 e. The van der Waals surface area contributed by atoms with Gasteiger partial charge in [0, 0.05) is 38.5 Å². The first-order valence-electron chi connectivity index (χ1n) is 14.1. The molecule has 1 aliphatic heterocycles. The number of hydrazine groups is 2. The van der Waals surface area contributed by atoms with Crippen molar-refractivity contribution in [2.24, 2.45) is 0 Å². The highest BCUT2D eigenvalue weighted by atomic mass is 35.5. The van der Waals surface area contributed by atoms with Crippen LogP contribution in [0, 0.1) is 0 Å². The molecule has 1 aromatic heterocycles. The normalized spacial score (nSPS) is 16.5. The van der Waals surface area contributed by atoms with Crippen molar-refractivity contribution in [3.8, 4) is 16.9 Å². The molecule has 216 valence electrons. The molecule has 44 heavy (non-hydrogen) atoms. The SMILES string of the molecule is O=C1/C(=C/c2ccc(N3NNC=C3c3ccc(Cl)cc3)cc2)CC/C1=C\c1ccc(-n2nncc2-c2ccc(Cl)cc2)cc1. The van der Waals surface area contributed by atoms with Gasteiger partial charge >= 0.3 is 0 Å². The van der Waals surface area contributed by atoms with Gasteiger partial charge in [-0.15, -0.1) is 10.6 Å². The van der Waals surface area contributed by atoms with Crippen LogP contribution in [0.2, 0.25) is 10.0 Å². The van der Waals surface area contributed by atoms with E-state index in [1.54, 1.807) is 10.9 Å². The third-order valence-electron chi connectivity index (χ3n) is 7.67. The lowest BCUT2D eigenvalue weighted by molar-refractivity contribution is -0.111. The molecular formula is C35H26Cl2N6O. The zero-order chi connectivity index (χ0) is 30.0. The van der Waals surface area contributed by atoms with Crippen LogP contribution >= 0.6 is 23.2 Å². The van der Waals surface area contributed by atoms with Crippen molar-refractivity contribution in [2.45, 2.75) is 12.8 Å². The molecule has 2 aliphatic rings. The van der Waals surface area contributed by atoms with Gasteiger partial charge in [-0.2, -0.15) is 0 Å². The number of benzene rings is 4. The molecule has 0 spiro atoms. The predicted octanol–water partition coefficient (Wildman–Crippen LogP) is 7.90. The van der Waals surface area contributed by atoms with Crippen LogP contribution in [-0.4, -0.2) is 20.8 Å². The van der Waals surface area contributed by atoms with Crippen LogP contribution in [0.5, 0.6) is 0 Å². The number of anilines is 1. The van der Waals surface area contributed by atoms with Gasteiger partial charge in [-0.05, 0) is 84.7 Å². The molecule has 9 heteroatoms. The molecule has 0 unspecified atom stereocenters. The average molecular weight is 618 g/mol. The summed E-state index contributed by atoms with van der Waals surface area (Å²) in [5.41, 5.74) is 15.5. The van der Waals surface area contributed by atoms with Crippen LogP contribution in [0.1, 0.15) is 29.5 Å². The monoisotopic (exact) mass is 616 g/mol. The van der Waals surface area contributed by atoms with Gasteiger partial charge in [-0.3, -0.25) is 9.80 Å². The van der Waals surface area contributed by atoms with Gasteiger partial charge in [-0.25, -0.2) is 4.68 Å². The molecule has 0 radical (unpaired) electrons. The zero-order valence-corrected chi connectivity index (χ0v) is 24.9. The van der Waals surface area contributed by atoms with Crippen LogP contribution in [0.4, 0.5) is 5.69 Å². The Morgan fingerprint density at radius 2 is 1.23 bits per heavy atom. The summed E-state index contributed by atoms with van der Waals surface area (Å²) in [6.07, 6.45) is 9.04. The standard InChI is InChI=1S/C35H26Cl2N6O/c36-29-11-7-25(8-12-29)33-21-38-40-42(33)31-15-1-23(2-16-31)19-27-5-6-28(35(27)44)20-24-3-17-32(18-4-24)43-34(22-39-41-43)26-9-13-30(37)14-10-26/h1-4,7-22,38,40H,5-6H2/b27-19+,28-20+. The largest absolute Gasteiger partial charge is 0.309 e. The fraction of sp³-hybridized carbons (Fsp3) is 0.0571. The van der Waals surface area contributed by atoms with Crippen molar-refractivity contribution < 1.29 is 4.79 Å². The van der Waals surface area contributed by atoms with Crippen LogP contribution in [-0.2, 0) is 4.79 Å². The summed E-state index contributed by atoms with van der Waals surface area (Å²) in [5, 5.41) is 11.7. The summed E-state index contributed by atoms with van der Waals surface area (Å²) in [6.45, 7) is 0. The summed E-state index contributed by atoms with van der Waals surface area (Å²) in [4.78, 5) is 13.3. The second kappa shape index (κ2) is 12.0. The van der Waals surface area contributed by atoms with Gasteiger partial charge in [-0.1, -0.05) is 76.9 Å². The van der Waals surface area contributed by atoms with E-state index in [4.69, 9.17) is 23.2 Å². The highest BCUT2D eigenvalue weighted by Crippen LogP contribution is 2.32. The van der Waals surface area contributed by atoms with E-state index in [-0.39, 0.29) is 5.78 Å². The first kappa shape index (κ1) is 27.9. The van der Waals surface area contributed by atoms with Crippen LogP contribution < -0.4 is 16.0 Å². The Bertz CT molecular complexity index is 1920. The molecule has 2 N–H and O–H groups in total. The van der Waals surface area contributed by atoms with Crippen molar-refractivity contribution in [1.29, 1.82) is 0 Å². The topological polar surface area (TPSA) is 75.1 Å². The number of nitrogens with one attached hydrogen (secondary N) is 2. The number of allylic oxidation sites excluding steroid dienone is 2. The maximum atomic E-state index is 13.3. The van der Waals surface area contributed by atoms with Crippen molar-refractivity contribution in [1.82, 2.24) is 26.0 Å². The molecule has 7 nitrogen and oxygen atoms in total. The fourth-order valence-electron chi connectivity index (χ4n) is 5.38. The first-order valence-corrected chi connectivity index (χ1v) is 14.9. The first-order chi connectivity index (χ1) is 21.5. The molecule has 0 bridgehead atoms. The number of hydrogen-bond donors (Lipinski definition) is 2. The lowest BCUT2D eigenvalue weighted by atomic mass is 10.1. The van der Waals surface area contributed by atoms with Crippen molar-refractivity contribution in [2.75, 3.05) is 5.01 Å². The van der Waals surface area contributed by atoms with Crippen molar-refractivity contribution in [3.63, 3.8) is 0 Å². The number of ketones is 1. The van der Waals surface area contributed by atoms with E-state index in [0.29, 0.717) is 16.5 Å². The Balaban J connectivity index is 1.04.